The predicted molar refractivity (Wildman–Crippen MR) is 98.0 cm³/mol. The van der Waals surface area contributed by atoms with Gasteiger partial charge in [0, 0.05) is 42.7 Å². The Bertz CT molecular complexity index is 836. The molecule has 3 aliphatic heterocycles. The lowest BCUT2D eigenvalue weighted by atomic mass is 9.87. The third-order valence-corrected chi connectivity index (χ3v) is 5.75. The topological polar surface area (TPSA) is 67.3 Å². The summed E-state index contributed by atoms with van der Waals surface area (Å²) in [6.07, 6.45) is 7.84. The Morgan fingerprint density at radius 2 is 2.00 bits per heavy atom. The van der Waals surface area contributed by atoms with Crippen LogP contribution in [0.25, 0.3) is 11.1 Å². The largest absolute Gasteiger partial charge is 0.460 e. The number of benzene rings is 1. The summed E-state index contributed by atoms with van der Waals surface area (Å²) in [7, 11) is 0. The van der Waals surface area contributed by atoms with Gasteiger partial charge in [-0.25, -0.2) is 9.97 Å². The van der Waals surface area contributed by atoms with Gasteiger partial charge in [-0.05, 0) is 49.1 Å². The van der Waals surface area contributed by atoms with E-state index in [1.807, 2.05) is 30.6 Å². The Hall–Kier alpha value is -2.47. The molecule has 2 bridgehead atoms. The number of piperidine rings is 2. The van der Waals surface area contributed by atoms with E-state index in [0.29, 0.717) is 18.3 Å². The van der Waals surface area contributed by atoms with Crippen LogP contribution in [0.3, 0.4) is 0 Å². The molecule has 26 heavy (non-hydrogen) atoms. The van der Waals surface area contributed by atoms with Gasteiger partial charge in [0.05, 0.1) is 6.42 Å². The molecule has 1 N–H and O–H groups in total. The minimum atomic E-state index is 0.0471. The Balaban J connectivity index is 1.30. The number of amides is 1. The smallest absolute Gasteiger partial charge is 0.316 e. The van der Waals surface area contributed by atoms with Gasteiger partial charge >= 0.3 is 6.01 Å². The summed E-state index contributed by atoms with van der Waals surface area (Å²) < 4.78 is 6.12. The number of hydrogen-bond acceptors (Lipinski definition) is 5. The SMILES string of the molecule is O=C1Cc2cc(-c3cnc(OC4CCN5CCCC4C5)nc3)ccc2N1. The highest BCUT2D eigenvalue weighted by Gasteiger charge is 2.33. The van der Waals surface area contributed by atoms with E-state index in [9.17, 15) is 4.79 Å². The van der Waals surface area contributed by atoms with Crippen LogP contribution in [0, 0.1) is 5.92 Å². The first-order chi connectivity index (χ1) is 12.7. The van der Waals surface area contributed by atoms with Gasteiger partial charge in [0.15, 0.2) is 0 Å². The zero-order chi connectivity index (χ0) is 17.5. The summed E-state index contributed by atoms with van der Waals surface area (Å²) in [5, 5.41) is 2.85. The zero-order valence-electron chi connectivity index (χ0n) is 14.6. The van der Waals surface area contributed by atoms with Crippen LogP contribution in [-0.4, -0.2) is 46.5 Å². The molecule has 0 saturated carbocycles. The fourth-order valence-corrected chi connectivity index (χ4v) is 4.37. The number of aromatic nitrogens is 2. The van der Waals surface area contributed by atoms with E-state index in [0.717, 1.165) is 41.9 Å². The number of anilines is 1. The summed E-state index contributed by atoms with van der Waals surface area (Å²) in [6.45, 7) is 3.49. The highest BCUT2D eigenvalue weighted by atomic mass is 16.5. The van der Waals surface area contributed by atoms with Gasteiger partial charge in [-0.3, -0.25) is 4.79 Å². The Kier molecular flexibility index (Phi) is 3.85. The number of rotatable bonds is 3. The van der Waals surface area contributed by atoms with Gasteiger partial charge in [-0.2, -0.15) is 0 Å². The van der Waals surface area contributed by atoms with Crippen molar-refractivity contribution in [2.75, 3.05) is 25.0 Å². The minimum absolute atomic E-state index is 0.0471. The maximum absolute atomic E-state index is 11.5. The van der Waals surface area contributed by atoms with Gasteiger partial charge in [-0.15, -0.1) is 0 Å². The van der Waals surface area contributed by atoms with Crippen LogP contribution < -0.4 is 10.1 Å². The number of nitrogens with one attached hydrogen (secondary N) is 1. The van der Waals surface area contributed by atoms with E-state index in [2.05, 4.69) is 20.2 Å². The van der Waals surface area contributed by atoms with Crippen LogP contribution in [0.1, 0.15) is 24.8 Å². The molecule has 134 valence electrons. The quantitative estimate of drug-likeness (QED) is 0.921. The van der Waals surface area contributed by atoms with E-state index in [4.69, 9.17) is 4.74 Å². The van der Waals surface area contributed by atoms with Crippen LogP contribution in [0.2, 0.25) is 0 Å². The first-order valence-corrected chi connectivity index (χ1v) is 9.39. The predicted octanol–water partition coefficient (Wildman–Crippen LogP) is 2.50. The third kappa shape index (κ3) is 2.94. The van der Waals surface area contributed by atoms with Crippen molar-refractivity contribution < 1.29 is 9.53 Å². The van der Waals surface area contributed by atoms with Crippen LogP contribution >= 0.6 is 0 Å². The number of fused-ring (bicyclic) bond motifs is 3. The molecule has 1 aromatic heterocycles. The number of hydrogen-bond donors (Lipinski definition) is 1. The molecule has 2 aromatic rings. The van der Waals surface area contributed by atoms with E-state index < -0.39 is 0 Å². The molecule has 0 radical (unpaired) electrons. The van der Waals surface area contributed by atoms with Crippen LogP contribution in [0.15, 0.2) is 30.6 Å². The fraction of sp³-hybridized carbons (Fsp3) is 0.450. The van der Waals surface area contributed by atoms with Gasteiger partial charge in [0.2, 0.25) is 5.91 Å². The first-order valence-electron chi connectivity index (χ1n) is 9.39. The molecule has 1 aromatic carbocycles. The number of carbonyl (C=O) groups excluding carboxylic acids is 1. The Labute approximate surface area is 152 Å². The lowest BCUT2D eigenvalue weighted by Crippen LogP contribution is -2.49. The molecule has 4 heterocycles. The highest BCUT2D eigenvalue weighted by Crippen LogP contribution is 2.30. The second-order valence-corrected chi connectivity index (χ2v) is 7.50. The molecular weight excluding hydrogens is 328 g/mol. The maximum atomic E-state index is 11.5. The molecule has 5 rings (SSSR count). The van der Waals surface area contributed by atoms with Crippen molar-refractivity contribution in [1.82, 2.24) is 14.9 Å². The molecule has 3 aliphatic rings. The average molecular weight is 350 g/mol. The molecule has 0 spiro atoms. The van der Waals surface area contributed by atoms with Gasteiger partial charge in [0.25, 0.3) is 0 Å². The van der Waals surface area contributed by atoms with E-state index >= 15 is 0 Å². The van der Waals surface area contributed by atoms with Crippen molar-refractivity contribution in [1.29, 1.82) is 0 Å². The molecule has 2 fully saturated rings. The van der Waals surface area contributed by atoms with E-state index in [1.165, 1.54) is 19.4 Å². The first kappa shape index (κ1) is 15.8. The van der Waals surface area contributed by atoms with Crippen molar-refractivity contribution in [3.8, 4) is 17.1 Å². The maximum Gasteiger partial charge on any atom is 0.316 e. The van der Waals surface area contributed by atoms with Crippen LogP contribution in [0.4, 0.5) is 5.69 Å². The second-order valence-electron chi connectivity index (χ2n) is 7.50. The molecule has 0 aliphatic carbocycles. The van der Waals surface area contributed by atoms with Crippen molar-refractivity contribution >= 4 is 11.6 Å². The normalized spacial score (nSPS) is 26.9. The third-order valence-electron chi connectivity index (χ3n) is 5.75. The van der Waals surface area contributed by atoms with Crippen molar-refractivity contribution in [2.45, 2.75) is 31.8 Å². The second kappa shape index (κ2) is 6.36. The molecule has 1 amide bonds. The molecule has 3 atom stereocenters. The van der Waals surface area contributed by atoms with Gasteiger partial charge in [-0.1, -0.05) is 6.07 Å². The van der Waals surface area contributed by atoms with Crippen LogP contribution in [0.5, 0.6) is 6.01 Å². The number of nitrogens with zero attached hydrogens (tertiary/aromatic N) is 3. The number of carbonyl (C=O) groups is 1. The monoisotopic (exact) mass is 350 g/mol. The summed E-state index contributed by atoms with van der Waals surface area (Å²) in [6, 6.07) is 6.43. The average Bonchev–Trinajstić information content (AvgIpc) is 3.04. The van der Waals surface area contributed by atoms with E-state index in [-0.39, 0.29) is 12.0 Å². The van der Waals surface area contributed by atoms with Crippen molar-refractivity contribution in [2.24, 2.45) is 5.92 Å². The van der Waals surface area contributed by atoms with Crippen molar-refractivity contribution in [3.05, 3.63) is 36.2 Å². The van der Waals surface area contributed by atoms with Crippen LogP contribution in [-0.2, 0) is 11.2 Å². The minimum Gasteiger partial charge on any atom is -0.460 e. The van der Waals surface area contributed by atoms with Gasteiger partial charge in [0.1, 0.15) is 6.10 Å². The molecule has 3 unspecified atom stereocenters. The lowest BCUT2D eigenvalue weighted by Gasteiger charge is -2.41. The summed E-state index contributed by atoms with van der Waals surface area (Å²) in [5.41, 5.74) is 3.88. The molecule has 6 nitrogen and oxygen atoms in total. The van der Waals surface area contributed by atoms with Crippen molar-refractivity contribution in [3.63, 3.8) is 0 Å². The summed E-state index contributed by atoms with van der Waals surface area (Å²) in [5.74, 6) is 0.647. The van der Waals surface area contributed by atoms with Gasteiger partial charge < -0.3 is 15.0 Å². The van der Waals surface area contributed by atoms with E-state index in [1.54, 1.807) is 0 Å². The standard InChI is InChI=1S/C20H22N4O2/c25-19-9-15-8-13(3-4-17(15)23-19)16-10-21-20(22-11-16)26-18-5-7-24-6-1-2-14(18)12-24/h3-4,8,10-11,14,18H,1-2,5-7,9,12H2,(H,23,25). The Morgan fingerprint density at radius 1 is 1.12 bits per heavy atom. The number of ether oxygens (including phenoxy) is 1. The lowest BCUT2D eigenvalue weighted by molar-refractivity contribution is -0.115. The zero-order valence-corrected chi connectivity index (χ0v) is 14.6. The summed E-state index contributed by atoms with van der Waals surface area (Å²) in [4.78, 5) is 22.9. The Morgan fingerprint density at radius 3 is 2.88 bits per heavy atom. The fourth-order valence-electron chi connectivity index (χ4n) is 4.37. The molecule has 6 heteroatoms. The summed E-state index contributed by atoms with van der Waals surface area (Å²) >= 11 is 0. The highest BCUT2D eigenvalue weighted by molar-refractivity contribution is 5.99. The molecular formula is C20H22N4O2. The molecule has 2 saturated heterocycles.